The summed E-state index contributed by atoms with van der Waals surface area (Å²) in [4.78, 5) is 26.5. The molecule has 32 heavy (non-hydrogen) atoms. The number of hydrogen-bond donors (Lipinski definition) is 0. The molecule has 168 valence electrons. The lowest BCUT2D eigenvalue weighted by Gasteiger charge is -2.42. The summed E-state index contributed by atoms with van der Waals surface area (Å²) >= 11 is 5.93. The van der Waals surface area contributed by atoms with Crippen molar-refractivity contribution in [1.29, 1.82) is 0 Å². The van der Waals surface area contributed by atoms with Crippen LogP contribution in [0.5, 0.6) is 0 Å². The summed E-state index contributed by atoms with van der Waals surface area (Å²) < 4.78 is 25.8. The molecule has 0 bridgehead atoms. The van der Waals surface area contributed by atoms with Crippen LogP contribution in [0.4, 0.5) is 4.39 Å². The molecule has 6 heteroatoms. The van der Waals surface area contributed by atoms with Crippen LogP contribution in [0.2, 0.25) is 5.02 Å². The summed E-state index contributed by atoms with van der Waals surface area (Å²) in [6.07, 6.45) is 2.00. The second kappa shape index (κ2) is 7.82. The van der Waals surface area contributed by atoms with E-state index in [-0.39, 0.29) is 16.9 Å². The van der Waals surface area contributed by atoms with Gasteiger partial charge in [-0.05, 0) is 87.4 Å². The zero-order valence-corrected chi connectivity index (χ0v) is 19.6. The van der Waals surface area contributed by atoms with E-state index in [1.54, 1.807) is 45.9 Å². The number of ether oxygens (including phenoxy) is 2. The molecule has 2 aromatic rings. The topological polar surface area (TPSA) is 52.6 Å². The molecule has 0 saturated heterocycles. The maximum atomic E-state index is 14.7. The largest absolute Gasteiger partial charge is 0.466 e. The molecule has 1 heterocycles. The van der Waals surface area contributed by atoms with Gasteiger partial charge in [-0.1, -0.05) is 23.7 Å². The Labute approximate surface area is 192 Å². The fourth-order valence-electron chi connectivity index (χ4n) is 4.57. The fraction of sp³-hybridized carbons (Fsp3) is 0.385. The van der Waals surface area contributed by atoms with Gasteiger partial charge in [0.05, 0.1) is 18.3 Å². The van der Waals surface area contributed by atoms with E-state index in [4.69, 9.17) is 21.1 Å². The number of ketones is 1. The minimum Gasteiger partial charge on any atom is -0.466 e. The lowest BCUT2D eigenvalue weighted by atomic mass is 9.76. The van der Waals surface area contributed by atoms with Crippen molar-refractivity contribution in [3.8, 4) is 11.1 Å². The van der Waals surface area contributed by atoms with Gasteiger partial charge in [0.15, 0.2) is 5.78 Å². The van der Waals surface area contributed by atoms with Crippen molar-refractivity contribution in [2.75, 3.05) is 7.11 Å². The molecule has 1 saturated carbocycles. The molecule has 0 radical (unpaired) electrons. The number of carbonyl (C=O) groups is 2. The van der Waals surface area contributed by atoms with E-state index in [1.165, 1.54) is 13.2 Å². The van der Waals surface area contributed by atoms with Gasteiger partial charge in [0, 0.05) is 16.2 Å². The lowest BCUT2D eigenvalue weighted by Crippen LogP contribution is -2.51. The number of esters is 1. The highest BCUT2D eigenvalue weighted by Crippen LogP contribution is 2.48. The molecule has 0 N–H and O–H groups in total. The van der Waals surface area contributed by atoms with Crippen LogP contribution in [0, 0.1) is 5.82 Å². The van der Waals surface area contributed by atoms with Crippen LogP contribution in [0.25, 0.3) is 16.7 Å². The third-order valence-corrected chi connectivity index (χ3v) is 6.34. The van der Waals surface area contributed by atoms with Gasteiger partial charge >= 0.3 is 5.97 Å². The number of Topliss-reactive ketones (excluding diaryl/α,β-unsaturated/α-hetero) is 1. The molecule has 0 amide bonds. The SMILES string of the molecule is COC(=O)C1=C(c2cc(-c3ccc(Cl)cc3F)ccc2C2CC2)C(=O)C(C)(C)OC1(C)C. The number of benzene rings is 2. The van der Waals surface area contributed by atoms with Gasteiger partial charge in [-0.2, -0.15) is 0 Å². The minimum absolute atomic E-state index is 0.181. The predicted octanol–water partition coefficient (Wildman–Crippen LogP) is 6.11. The standard InChI is InChI=1S/C26H26ClFO4/c1-25(2)22(24(30)31-5)21(23(29)26(3,4)32-25)19-12-15(8-10-17(19)14-6-7-14)18-11-9-16(27)13-20(18)28/h8-14H,6-7H2,1-5H3. The van der Waals surface area contributed by atoms with Crippen LogP contribution in [-0.4, -0.2) is 30.1 Å². The molecular formula is C26H26ClFO4. The first-order chi connectivity index (χ1) is 15.0. The molecule has 2 aromatic carbocycles. The van der Waals surface area contributed by atoms with E-state index in [1.807, 2.05) is 12.1 Å². The molecule has 1 fully saturated rings. The zero-order valence-electron chi connectivity index (χ0n) is 18.8. The second-order valence-electron chi connectivity index (χ2n) is 9.39. The van der Waals surface area contributed by atoms with Gasteiger partial charge < -0.3 is 9.47 Å². The summed E-state index contributed by atoms with van der Waals surface area (Å²) in [7, 11) is 1.29. The van der Waals surface area contributed by atoms with Gasteiger partial charge in [-0.25, -0.2) is 9.18 Å². The van der Waals surface area contributed by atoms with Gasteiger partial charge in [-0.15, -0.1) is 0 Å². The third kappa shape index (κ3) is 3.89. The first-order valence-electron chi connectivity index (χ1n) is 10.6. The number of hydrogen-bond acceptors (Lipinski definition) is 4. The number of carbonyl (C=O) groups excluding carboxylic acids is 2. The lowest BCUT2D eigenvalue weighted by molar-refractivity contribution is -0.159. The predicted molar refractivity (Wildman–Crippen MR) is 122 cm³/mol. The summed E-state index contributed by atoms with van der Waals surface area (Å²) in [5, 5.41) is 0.305. The summed E-state index contributed by atoms with van der Waals surface area (Å²) in [5.74, 6) is -1.07. The quantitative estimate of drug-likeness (QED) is 0.521. The van der Waals surface area contributed by atoms with E-state index in [2.05, 4.69) is 0 Å². The smallest absolute Gasteiger partial charge is 0.337 e. The molecule has 0 aromatic heterocycles. The molecule has 0 unspecified atom stereocenters. The minimum atomic E-state index is -1.14. The van der Waals surface area contributed by atoms with Gasteiger partial charge in [-0.3, -0.25) is 4.79 Å². The van der Waals surface area contributed by atoms with Gasteiger partial charge in [0.2, 0.25) is 0 Å². The van der Waals surface area contributed by atoms with Crippen LogP contribution in [0.15, 0.2) is 42.0 Å². The van der Waals surface area contributed by atoms with Crippen molar-refractivity contribution < 1.29 is 23.5 Å². The zero-order chi connectivity index (χ0) is 23.4. The maximum absolute atomic E-state index is 14.7. The Morgan fingerprint density at radius 3 is 2.34 bits per heavy atom. The van der Waals surface area contributed by atoms with Crippen molar-refractivity contribution >= 4 is 28.9 Å². The average Bonchev–Trinajstić information content (AvgIpc) is 3.54. The van der Waals surface area contributed by atoms with E-state index >= 15 is 0 Å². The van der Waals surface area contributed by atoms with E-state index in [0.29, 0.717) is 27.6 Å². The molecule has 4 nitrogen and oxygen atoms in total. The van der Waals surface area contributed by atoms with Crippen LogP contribution >= 0.6 is 11.6 Å². The monoisotopic (exact) mass is 456 g/mol. The van der Waals surface area contributed by atoms with Crippen LogP contribution in [0.3, 0.4) is 0 Å². The molecule has 0 atom stereocenters. The second-order valence-corrected chi connectivity index (χ2v) is 9.83. The highest BCUT2D eigenvalue weighted by atomic mass is 35.5. The molecule has 1 aliphatic heterocycles. The average molecular weight is 457 g/mol. The normalized spacial score (nSPS) is 19.8. The Morgan fingerprint density at radius 1 is 1.06 bits per heavy atom. The highest BCUT2D eigenvalue weighted by Gasteiger charge is 2.50. The Morgan fingerprint density at radius 2 is 1.75 bits per heavy atom. The first-order valence-corrected chi connectivity index (χ1v) is 11.0. The number of rotatable bonds is 4. The molecule has 0 spiro atoms. The molecule has 2 aliphatic rings. The Bertz CT molecular complexity index is 1160. The number of methoxy groups -OCH3 is 1. The highest BCUT2D eigenvalue weighted by molar-refractivity contribution is 6.31. The van der Waals surface area contributed by atoms with Crippen LogP contribution in [0.1, 0.15) is 57.6 Å². The summed E-state index contributed by atoms with van der Waals surface area (Å²) in [6, 6.07) is 10.1. The van der Waals surface area contributed by atoms with E-state index in [0.717, 1.165) is 18.4 Å². The van der Waals surface area contributed by atoms with Crippen molar-refractivity contribution in [1.82, 2.24) is 0 Å². The molecule has 4 rings (SSSR count). The van der Waals surface area contributed by atoms with E-state index < -0.39 is 23.0 Å². The maximum Gasteiger partial charge on any atom is 0.337 e. The molecule has 1 aliphatic carbocycles. The van der Waals surface area contributed by atoms with Crippen molar-refractivity contribution in [3.63, 3.8) is 0 Å². The fourth-order valence-corrected chi connectivity index (χ4v) is 4.73. The Hall–Kier alpha value is -2.50. The van der Waals surface area contributed by atoms with Crippen molar-refractivity contribution in [2.45, 2.75) is 57.7 Å². The van der Waals surface area contributed by atoms with Crippen molar-refractivity contribution in [2.24, 2.45) is 0 Å². The summed E-state index contributed by atoms with van der Waals surface area (Å²) in [5.41, 5.74) is 0.856. The van der Waals surface area contributed by atoms with Crippen LogP contribution < -0.4 is 0 Å². The number of halogens is 2. The van der Waals surface area contributed by atoms with Gasteiger partial charge in [0.25, 0.3) is 0 Å². The van der Waals surface area contributed by atoms with Crippen LogP contribution in [-0.2, 0) is 19.1 Å². The summed E-state index contributed by atoms with van der Waals surface area (Å²) in [6.45, 7) is 6.91. The third-order valence-electron chi connectivity index (χ3n) is 6.11. The van der Waals surface area contributed by atoms with Gasteiger partial charge in [0.1, 0.15) is 11.4 Å². The van der Waals surface area contributed by atoms with Crippen molar-refractivity contribution in [3.05, 3.63) is 63.9 Å². The Kier molecular flexibility index (Phi) is 5.54. The first kappa shape index (κ1) is 22.7. The Balaban J connectivity index is 2.03. The van der Waals surface area contributed by atoms with E-state index in [9.17, 15) is 14.0 Å². The molecular weight excluding hydrogens is 431 g/mol.